The maximum absolute atomic E-state index is 12.8. The molecule has 0 atom stereocenters. The van der Waals surface area contributed by atoms with Crippen LogP contribution in [0.5, 0.6) is 11.5 Å². The Hall–Kier alpha value is -3.56. The van der Waals surface area contributed by atoms with E-state index in [1.54, 1.807) is 0 Å². The molecule has 2 N–H and O–H groups in total. The summed E-state index contributed by atoms with van der Waals surface area (Å²) < 4.78 is 43.3. The number of nitro benzene ring substituents is 1. The topological polar surface area (TPSA) is 102 Å². The lowest BCUT2D eigenvalue weighted by Gasteiger charge is -2.08. The summed E-state index contributed by atoms with van der Waals surface area (Å²) in [5, 5.41) is 23.2. The van der Waals surface area contributed by atoms with Crippen molar-refractivity contribution in [3.8, 4) is 11.5 Å². The SMILES string of the molecule is COc1cc(/C=C2\C(=O)Nc3cc(C(F)(F)F)ccc32)cc([N+](=O)[O-])c1O. The molecule has 7 nitrogen and oxygen atoms in total. The molecule has 0 aliphatic carbocycles. The van der Waals surface area contributed by atoms with Gasteiger partial charge in [-0.25, -0.2) is 0 Å². The summed E-state index contributed by atoms with van der Waals surface area (Å²) in [4.78, 5) is 22.4. The quantitative estimate of drug-likeness (QED) is 0.479. The summed E-state index contributed by atoms with van der Waals surface area (Å²) in [5.74, 6) is -1.50. The van der Waals surface area contributed by atoms with Crippen molar-refractivity contribution in [3.05, 3.63) is 57.1 Å². The molecule has 2 aromatic carbocycles. The standard InChI is InChI=1S/C17H11F3N2O5/c1-27-14-6-8(5-13(15(14)23)22(25)26)4-11-10-3-2-9(17(18,19)20)7-12(10)21-16(11)24/h2-7,23H,1H3,(H,21,24)/b11-4-. The Kier molecular flexibility index (Phi) is 4.26. The minimum atomic E-state index is -4.56. The third-order valence-corrected chi connectivity index (χ3v) is 3.93. The van der Waals surface area contributed by atoms with E-state index < -0.39 is 34.0 Å². The molecule has 1 aliphatic heterocycles. The number of carbonyl (C=O) groups is 1. The number of anilines is 1. The Labute approximate surface area is 149 Å². The summed E-state index contributed by atoms with van der Waals surface area (Å²) >= 11 is 0. The first-order chi connectivity index (χ1) is 12.6. The van der Waals surface area contributed by atoms with Gasteiger partial charge in [-0.15, -0.1) is 0 Å². The molecule has 140 valence electrons. The van der Waals surface area contributed by atoms with Crippen molar-refractivity contribution in [1.29, 1.82) is 0 Å². The molecule has 0 spiro atoms. The zero-order chi connectivity index (χ0) is 19.9. The Morgan fingerprint density at radius 3 is 2.56 bits per heavy atom. The van der Waals surface area contributed by atoms with Crippen LogP contribution in [0.1, 0.15) is 16.7 Å². The number of benzene rings is 2. The Balaban J connectivity index is 2.11. The molecule has 27 heavy (non-hydrogen) atoms. The summed E-state index contributed by atoms with van der Waals surface area (Å²) in [7, 11) is 1.20. The summed E-state index contributed by atoms with van der Waals surface area (Å²) in [5.41, 5.74) is -1.14. The highest BCUT2D eigenvalue weighted by atomic mass is 19.4. The molecule has 1 heterocycles. The van der Waals surface area contributed by atoms with Crippen LogP contribution >= 0.6 is 0 Å². The molecular weight excluding hydrogens is 369 g/mol. The van der Waals surface area contributed by atoms with E-state index in [0.717, 1.165) is 24.3 Å². The van der Waals surface area contributed by atoms with Gasteiger partial charge in [0.15, 0.2) is 5.75 Å². The largest absolute Gasteiger partial charge is 0.500 e. The third kappa shape index (κ3) is 3.28. The second-order valence-corrected chi connectivity index (χ2v) is 5.62. The van der Waals surface area contributed by atoms with Crippen LogP contribution in [-0.2, 0) is 11.0 Å². The fraction of sp³-hybridized carbons (Fsp3) is 0.118. The van der Waals surface area contributed by atoms with Gasteiger partial charge in [0.25, 0.3) is 5.91 Å². The van der Waals surface area contributed by atoms with E-state index in [1.807, 2.05) is 0 Å². The number of amides is 1. The van der Waals surface area contributed by atoms with Gasteiger partial charge in [-0.2, -0.15) is 13.2 Å². The van der Waals surface area contributed by atoms with Crippen LogP contribution in [0.4, 0.5) is 24.5 Å². The fourth-order valence-corrected chi connectivity index (χ4v) is 2.67. The Morgan fingerprint density at radius 1 is 1.26 bits per heavy atom. The van der Waals surface area contributed by atoms with E-state index in [2.05, 4.69) is 5.32 Å². The van der Waals surface area contributed by atoms with Crippen LogP contribution < -0.4 is 10.1 Å². The van der Waals surface area contributed by atoms with Crippen molar-refractivity contribution >= 4 is 28.9 Å². The highest BCUT2D eigenvalue weighted by Gasteiger charge is 2.33. The van der Waals surface area contributed by atoms with Crippen molar-refractivity contribution in [3.63, 3.8) is 0 Å². The number of phenols is 1. The first kappa shape index (κ1) is 18.2. The first-order valence-electron chi connectivity index (χ1n) is 7.42. The molecule has 3 rings (SSSR count). The minimum absolute atomic E-state index is 0.0127. The van der Waals surface area contributed by atoms with Gasteiger partial charge in [0.2, 0.25) is 5.75 Å². The number of nitrogens with one attached hydrogen (secondary N) is 1. The van der Waals surface area contributed by atoms with E-state index >= 15 is 0 Å². The molecular formula is C17H11F3N2O5. The number of rotatable bonds is 3. The average Bonchev–Trinajstić information content (AvgIpc) is 2.90. The predicted molar refractivity (Wildman–Crippen MR) is 89.3 cm³/mol. The van der Waals surface area contributed by atoms with Crippen molar-refractivity contribution in [2.45, 2.75) is 6.18 Å². The summed E-state index contributed by atoms with van der Waals surface area (Å²) in [6.45, 7) is 0. The number of phenolic OH excluding ortho intramolecular Hbond substituents is 1. The molecule has 0 unspecified atom stereocenters. The number of hydrogen-bond donors (Lipinski definition) is 2. The lowest BCUT2D eigenvalue weighted by atomic mass is 10.0. The number of hydrogen-bond acceptors (Lipinski definition) is 5. The highest BCUT2D eigenvalue weighted by molar-refractivity contribution is 6.35. The molecule has 1 amide bonds. The van der Waals surface area contributed by atoms with Gasteiger partial charge in [0.05, 0.1) is 17.6 Å². The molecule has 0 saturated heterocycles. The molecule has 0 saturated carbocycles. The minimum Gasteiger partial charge on any atom is -0.500 e. The van der Waals surface area contributed by atoms with Crippen molar-refractivity contribution in [1.82, 2.24) is 0 Å². The summed E-state index contributed by atoms with van der Waals surface area (Å²) in [6.07, 6.45) is -3.29. The average molecular weight is 380 g/mol. The van der Waals surface area contributed by atoms with E-state index in [1.165, 1.54) is 19.3 Å². The number of nitrogens with zero attached hydrogens (tertiary/aromatic N) is 1. The van der Waals surface area contributed by atoms with E-state index in [-0.39, 0.29) is 28.1 Å². The molecule has 1 aliphatic rings. The lowest BCUT2D eigenvalue weighted by Crippen LogP contribution is -2.06. The molecule has 0 fully saturated rings. The number of aromatic hydroxyl groups is 1. The zero-order valence-electron chi connectivity index (χ0n) is 13.6. The number of methoxy groups -OCH3 is 1. The van der Waals surface area contributed by atoms with Crippen molar-refractivity contribution < 1.29 is 32.7 Å². The number of carbonyl (C=O) groups excluding carboxylic acids is 1. The number of ether oxygens (including phenoxy) is 1. The van der Waals surface area contributed by atoms with Crippen LogP contribution in [0, 0.1) is 10.1 Å². The van der Waals surface area contributed by atoms with Gasteiger partial charge < -0.3 is 15.2 Å². The molecule has 0 aromatic heterocycles. The van der Waals surface area contributed by atoms with Crippen LogP contribution in [0.15, 0.2) is 30.3 Å². The van der Waals surface area contributed by atoms with Gasteiger partial charge in [0, 0.05) is 22.9 Å². The predicted octanol–water partition coefficient (Wildman–Crippen LogP) is 3.82. The first-order valence-corrected chi connectivity index (χ1v) is 7.42. The van der Waals surface area contributed by atoms with E-state index in [9.17, 15) is 33.2 Å². The monoisotopic (exact) mass is 380 g/mol. The van der Waals surface area contributed by atoms with Gasteiger partial charge in [0.1, 0.15) is 0 Å². The fourth-order valence-electron chi connectivity index (χ4n) is 2.67. The molecule has 0 radical (unpaired) electrons. The highest BCUT2D eigenvalue weighted by Crippen LogP contribution is 2.41. The molecule has 2 aromatic rings. The van der Waals surface area contributed by atoms with Crippen molar-refractivity contribution in [2.24, 2.45) is 0 Å². The van der Waals surface area contributed by atoms with Gasteiger partial charge in [-0.1, -0.05) is 6.07 Å². The van der Waals surface area contributed by atoms with Crippen molar-refractivity contribution in [2.75, 3.05) is 12.4 Å². The summed E-state index contributed by atoms with van der Waals surface area (Å²) in [6, 6.07) is 5.10. The Bertz CT molecular complexity index is 999. The number of halogens is 3. The maximum atomic E-state index is 12.8. The third-order valence-electron chi connectivity index (χ3n) is 3.93. The molecule has 0 bridgehead atoms. The molecule has 10 heteroatoms. The second kappa shape index (κ2) is 6.31. The van der Waals surface area contributed by atoms with Gasteiger partial charge in [-0.3, -0.25) is 14.9 Å². The van der Waals surface area contributed by atoms with Crippen LogP contribution in [0.3, 0.4) is 0 Å². The van der Waals surface area contributed by atoms with Crippen LogP contribution in [-0.4, -0.2) is 23.0 Å². The number of alkyl halides is 3. The maximum Gasteiger partial charge on any atom is 0.416 e. The zero-order valence-corrected chi connectivity index (χ0v) is 13.6. The number of fused-ring (bicyclic) bond motifs is 1. The van der Waals surface area contributed by atoms with E-state index in [4.69, 9.17) is 4.74 Å². The van der Waals surface area contributed by atoms with Gasteiger partial charge >= 0.3 is 11.9 Å². The second-order valence-electron chi connectivity index (χ2n) is 5.62. The lowest BCUT2D eigenvalue weighted by molar-refractivity contribution is -0.386. The van der Waals surface area contributed by atoms with Crippen LogP contribution in [0.2, 0.25) is 0 Å². The van der Waals surface area contributed by atoms with Crippen LogP contribution in [0.25, 0.3) is 11.6 Å². The Morgan fingerprint density at radius 2 is 1.96 bits per heavy atom. The number of nitro groups is 1. The van der Waals surface area contributed by atoms with Gasteiger partial charge in [-0.05, 0) is 29.8 Å². The normalized spacial score (nSPS) is 14.8. The van der Waals surface area contributed by atoms with E-state index in [0.29, 0.717) is 0 Å². The smallest absolute Gasteiger partial charge is 0.416 e.